The molecule has 4 heteroatoms. The molecule has 2 unspecified atom stereocenters. The highest BCUT2D eigenvalue weighted by atomic mass is 16.4. The van der Waals surface area contributed by atoms with Gasteiger partial charge in [-0.2, -0.15) is 0 Å². The van der Waals surface area contributed by atoms with Crippen LogP contribution in [0.3, 0.4) is 0 Å². The minimum atomic E-state index is -0.745. The van der Waals surface area contributed by atoms with Gasteiger partial charge in [0.25, 0.3) is 0 Å². The van der Waals surface area contributed by atoms with Gasteiger partial charge in [-0.1, -0.05) is 44.2 Å². The van der Waals surface area contributed by atoms with Gasteiger partial charge in [-0.3, -0.25) is 4.79 Å². The Balaban J connectivity index is 0.000000347. The van der Waals surface area contributed by atoms with Crippen LogP contribution in [0, 0.1) is 5.92 Å². The number of hydrogen-bond donors (Lipinski definition) is 2. The number of nitrogens with zero attached hydrogens (tertiary/aromatic N) is 1. The molecule has 1 fully saturated rings. The third kappa shape index (κ3) is 4.32. The molecule has 0 saturated carbocycles. The number of carboxylic acid groups (broad SMARTS) is 1. The van der Waals surface area contributed by atoms with Gasteiger partial charge in [0, 0.05) is 25.4 Å². The van der Waals surface area contributed by atoms with Crippen LogP contribution in [0.5, 0.6) is 0 Å². The molecule has 0 aliphatic carbocycles. The second-order valence-electron chi connectivity index (χ2n) is 5.45. The minimum Gasteiger partial charge on any atom is -0.481 e. The van der Waals surface area contributed by atoms with Gasteiger partial charge in [0.2, 0.25) is 0 Å². The summed E-state index contributed by atoms with van der Waals surface area (Å²) in [6, 6.07) is 10.0. The third-order valence-electron chi connectivity index (χ3n) is 3.85. The van der Waals surface area contributed by atoms with Crippen molar-refractivity contribution >= 4 is 5.97 Å². The number of carboxylic acids is 1. The standard InChI is InChI=1S/C13H19NO.C3H6O2/c1-11-10-14(2)9-8-13(11,15)12-6-4-3-5-7-12;1-2-3(4)5/h3-7,11,15H,8-10H2,1-2H3;2H2,1H3,(H,4,5). The molecule has 1 saturated heterocycles. The van der Waals surface area contributed by atoms with Crippen molar-refractivity contribution < 1.29 is 15.0 Å². The number of aliphatic carboxylic acids is 1. The highest BCUT2D eigenvalue weighted by molar-refractivity contribution is 5.66. The molecule has 0 bridgehead atoms. The summed E-state index contributed by atoms with van der Waals surface area (Å²) in [5.74, 6) is -0.455. The lowest BCUT2D eigenvalue weighted by Crippen LogP contribution is -2.47. The quantitative estimate of drug-likeness (QED) is 0.872. The van der Waals surface area contributed by atoms with Crippen molar-refractivity contribution in [1.29, 1.82) is 0 Å². The van der Waals surface area contributed by atoms with Crippen molar-refractivity contribution in [3.05, 3.63) is 35.9 Å². The van der Waals surface area contributed by atoms with Gasteiger partial charge in [-0.25, -0.2) is 0 Å². The monoisotopic (exact) mass is 279 g/mol. The van der Waals surface area contributed by atoms with Gasteiger partial charge >= 0.3 is 5.97 Å². The van der Waals surface area contributed by atoms with Crippen LogP contribution in [-0.4, -0.2) is 41.2 Å². The fourth-order valence-electron chi connectivity index (χ4n) is 2.47. The Labute approximate surface area is 121 Å². The first-order valence-corrected chi connectivity index (χ1v) is 7.08. The van der Waals surface area contributed by atoms with Gasteiger partial charge in [-0.15, -0.1) is 0 Å². The fraction of sp³-hybridized carbons (Fsp3) is 0.562. The highest BCUT2D eigenvalue weighted by Gasteiger charge is 2.39. The number of aliphatic hydroxyl groups is 1. The van der Waals surface area contributed by atoms with E-state index in [0.29, 0.717) is 5.92 Å². The zero-order valence-corrected chi connectivity index (χ0v) is 12.5. The first-order valence-electron chi connectivity index (χ1n) is 7.08. The molecule has 20 heavy (non-hydrogen) atoms. The molecular weight excluding hydrogens is 254 g/mol. The Morgan fingerprint density at radius 2 is 1.95 bits per heavy atom. The van der Waals surface area contributed by atoms with Crippen LogP contribution >= 0.6 is 0 Å². The maximum Gasteiger partial charge on any atom is 0.303 e. The van der Waals surface area contributed by atoms with Crippen LogP contribution in [0.4, 0.5) is 0 Å². The third-order valence-corrected chi connectivity index (χ3v) is 3.85. The zero-order valence-electron chi connectivity index (χ0n) is 12.5. The Morgan fingerprint density at radius 1 is 1.40 bits per heavy atom. The van der Waals surface area contributed by atoms with Crippen molar-refractivity contribution in [2.75, 3.05) is 20.1 Å². The average Bonchev–Trinajstić information content (AvgIpc) is 2.45. The summed E-state index contributed by atoms with van der Waals surface area (Å²) in [5.41, 5.74) is 0.430. The second kappa shape index (κ2) is 7.41. The van der Waals surface area contributed by atoms with Crippen molar-refractivity contribution in [1.82, 2.24) is 4.90 Å². The van der Waals surface area contributed by atoms with E-state index in [1.807, 2.05) is 30.3 Å². The summed E-state index contributed by atoms with van der Waals surface area (Å²) < 4.78 is 0. The van der Waals surface area contributed by atoms with Gasteiger partial charge in [0.15, 0.2) is 0 Å². The average molecular weight is 279 g/mol. The number of carbonyl (C=O) groups is 1. The molecule has 1 aromatic carbocycles. The summed E-state index contributed by atoms with van der Waals surface area (Å²) in [6.45, 7) is 5.66. The molecule has 1 aliphatic rings. The van der Waals surface area contributed by atoms with Crippen molar-refractivity contribution in [2.45, 2.75) is 32.3 Å². The summed E-state index contributed by atoms with van der Waals surface area (Å²) in [6.07, 6.45) is 1.05. The van der Waals surface area contributed by atoms with Crippen molar-refractivity contribution in [2.24, 2.45) is 5.92 Å². The minimum absolute atomic E-state index is 0.222. The summed E-state index contributed by atoms with van der Waals surface area (Å²) in [4.78, 5) is 11.6. The van der Waals surface area contributed by atoms with E-state index in [1.54, 1.807) is 6.92 Å². The second-order valence-corrected chi connectivity index (χ2v) is 5.45. The van der Waals surface area contributed by atoms with E-state index in [-0.39, 0.29) is 6.42 Å². The summed E-state index contributed by atoms with van der Waals surface area (Å²) in [7, 11) is 2.11. The Hall–Kier alpha value is -1.39. The number of rotatable bonds is 2. The Morgan fingerprint density at radius 3 is 2.40 bits per heavy atom. The maximum absolute atomic E-state index is 10.7. The van der Waals surface area contributed by atoms with E-state index in [4.69, 9.17) is 5.11 Å². The van der Waals surface area contributed by atoms with Crippen molar-refractivity contribution in [3.63, 3.8) is 0 Å². The SMILES string of the molecule is CC1CN(C)CCC1(O)c1ccccc1.CCC(=O)O. The van der Waals surface area contributed by atoms with Crippen LogP contribution in [0.1, 0.15) is 32.3 Å². The van der Waals surface area contributed by atoms with Gasteiger partial charge in [0.05, 0.1) is 5.60 Å². The molecule has 2 atom stereocenters. The number of hydrogen-bond acceptors (Lipinski definition) is 3. The van der Waals surface area contributed by atoms with Crippen LogP contribution in [0.25, 0.3) is 0 Å². The van der Waals surface area contributed by atoms with Crippen LogP contribution < -0.4 is 0 Å². The lowest BCUT2D eigenvalue weighted by atomic mass is 9.77. The van der Waals surface area contributed by atoms with Crippen LogP contribution in [-0.2, 0) is 10.4 Å². The number of likely N-dealkylation sites (tertiary alicyclic amines) is 1. The molecule has 2 N–H and O–H groups in total. The topological polar surface area (TPSA) is 60.8 Å². The van der Waals surface area contributed by atoms with Gasteiger partial charge in [-0.05, 0) is 19.0 Å². The molecule has 1 aliphatic heterocycles. The summed E-state index contributed by atoms with van der Waals surface area (Å²) in [5, 5.41) is 18.4. The predicted octanol–water partition coefficient (Wildman–Crippen LogP) is 2.33. The molecule has 0 spiro atoms. The zero-order chi connectivity index (χ0) is 15.2. The highest BCUT2D eigenvalue weighted by Crippen LogP contribution is 2.36. The summed E-state index contributed by atoms with van der Waals surface area (Å²) >= 11 is 0. The van der Waals surface area contributed by atoms with E-state index in [1.165, 1.54) is 0 Å². The predicted molar refractivity (Wildman–Crippen MR) is 79.5 cm³/mol. The Bertz CT molecular complexity index is 421. The largest absolute Gasteiger partial charge is 0.481 e. The molecular formula is C16H25NO3. The number of benzene rings is 1. The molecule has 2 rings (SSSR count). The van der Waals surface area contributed by atoms with E-state index in [2.05, 4.69) is 18.9 Å². The maximum atomic E-state index is 10.7. The van der Waals surface area contributed by atoms with E-state index < -0.39 is 11.6 Å². The van der Waals surface area contributed by atoms with Gasteiger partial charge < -0.3 is 15.1 Å². The van der Waals surface area contributed by atoms with Crippen LogP contribution in [0.2, 0.25) is 0 Å². The lowest BCUT2D eigenvalue weighted by molar-refractivity contribution is -0.136. The molecule has 0 aromatic heterocycles. The van der Waals surface area contributed by atoms with Crippen molar-refractivity contribution in [3.8, 4) is 0 Å². The molecule has 4 nitrogen and oxygen atoms in total. The molecule has 0 radical (unpaired) electrons. The van der Waals surface area contributed by atoms with Gasteiger partial charge in [0.1, 0.15) is 0 Å². The van der Waals surface area contributed by atoms with E-state index in [9.17, 15) is 9.90 Å². The molecule has 1 heterocycles. The van der Waals surface area contributed by atoms with Crippen LogP contribution in [0.15, 0.2) is 30.3 Å². The molecule has 1 aromatic rings. The molecule has 0 amide bonds. The first-order chi connectivity index (χ1) is 9.40. The lowest BCUT2D eigenvalue weighted by Gasteiger charge is -2.42. The number of piperidine rings is 1. The van der Waals surface area contributed by atoms with E-state index in [0.717, 1.165) is 25.1 Å². The molecule has 112 valence electrons. The smallest absolute Gasteiger partial charge is 0.303 e. The normalized spacial score (nSPS) is 26.5. The van der Waals surface area contributed by atoms with E-state index >= 15 is 0 Å². The fourth-order valence-corrected chi connectivity index (χ4v) is 2.47. The first kappa shape index (κ1) is 16.7. The Kier molecular flexibility index (Phi) is 6.17.